The average Bonchev–Trinajstić information content (AvgIpc) is 2.39. The Balaban J connectivity index is 1.79. The number of rotatable bonds is 1. The van der Waals surface area contributed by atoms with Crippen LogP contribution in [0.5, 0.6) is 0 Å². The van der Waals surface area contributed by atoms with E-state index in [1.54, 1.807) is 0 Å². The van der Waals surface area contributed by atoms with E-state index < -0.39 is 0 Å². The standard InChI is InChI=1S/C13H19N3O/c14-11-3-6-16(7-4-11)13-2-1-10-5-8-17-9-12(10)15-13/h1-2,11H,3-9,14H2. The molecular weight excluding hydrogens is 214 g/mol. The number of anilines is 1. The van der Waals surface area contributed by atoms with Gasteiger partial charge < -0.3 is 15.4 Å². The Labute approximate surface area is 102 Å². The zero-order valence-electron chi connectivity index (χ0n) is 10.1. The van der Waals surface area contributed by atoms with Gasteiger partial charge in [0.15, 0.2) is 0 Å². The van der Waals surface area contributed by atoms with E-state index in [9.17, 15) is 0 Å². The first-order valence-electron chi connectivity index (χ1n) is 6.40. The monoisotopic (exact) mass is 233 g/mol. The molecule has 2 N–H and O–H groups in total. The summed E-state index contributed by atoms with van der Waals surface area (Å²) in [6, 6.07) is 4.71. The smallest absolute Gasteiger partial charge is 0.128 e. The molecule has 0 aliphatic carbocycles. The van der Waals surface area contributed by atoms with Crippen LogP contribution in [0.2, 0.25) is 0 Å². The van der Waals surface area contributed by atoms with Gasteiger partial charge in [-0.2, -0.15) is 0 Å². The van der Waals surface area contributed by atoms with Crippen molar-refractivity contribution in [1.82, 2.24) is 4.98 Å². The topological polar surface area (TPSA) is 51.4 Å². The van der Waals surface area contributed by atoms with Crippen molar-refractivity contribution in [3.8, 4) is 0 Å². The van der Waals surface area contributed by atoms with Gasteiger partial charge in [0.1, 0.15) is 5.82 Å². The summed E-state index contributed by atoms with van der Waals surface area (Å²) in [7, 11) is 0. The molecule has 2 aliphatic rings. The fourth-order valence-electron chi connectivity index (χ4n) is 2.53. The predicted molar refractivity (Wildman–Crippen MR) is 67.0 cm³/mol. The Morgan fingerprint density at radius 1 is 1.29 bits per heavy atom. The van der Waals surface area contributed by atoms with Crippen LogP contribution in [0.25, 0.3) is 0 Å². The number of aromatic nitrogens is 1. The van der Waals surface area contributed by atoms with Crippen LogP contribution in [0.1, 0.15) is 24.1 Å². The number of pyridine rings is 1. The van der Waals surface area contributed by atoms with Crippen LogP contribution in [0.3, 0.4) is 0 Å². The number of piperidine rings is 1. The third-order valence-corrected chi connectivity index (χ3v) is 3.67. The van der Waals surface area contributed by atoms with Gasteiger partial charge in [0, 0.05) is 19.1 Å². The lowest BCUT2D eigenvalue weighted by atomic mass is 10.1. The van der Waals surface area contributed by atoms with E-state index in [1.807, 2.05) is 0 Å². The van der Waals surface area contributed by atoms with E-state index in [0.717, 1.165) is 50.5 Å². The Hall–Kier alpha value is -1.13. The number of hydrogen-bond donors (Lipinski definition) is 1. The molecule has 3 rings (SSSR count). The normalized spacial score (nSPS) is 21.4. The molecule has 0 atom stereocenters. The minimum Gasteiger partial charge on any atom is -0.375 e. The highest BCUT2D eigenvalue weighted by Crippen LogP contribution is 2.22. The average molecular weight is 233 g/mol. The van der Waals surface area contributed by atoms with Gasteiger partial charge in [-0.15, -0.1) is 0 Å². The highest BCUT2D eigenvalue weighted by Gasteiger charge is 2.19. The predicted octanol–water partition coefficient (Wildman–Crippen LogP) is 1.08. The minimum absolute atomic E-state index is 0.368. The van der Waals surface area contributed by atoms with Crippen molar-refractivity contribution in [2.75, 3.05) is 24.6 Å². The molecule has 0 aromatic carbocycles. The van der Waals surface area contributed by atoms with Gasteiger partial charge in [0.05, 0.1) is 18.9 Å². The molecule has 4 nitrogen and oxygen atoms in total. The van der Waals surface area contributed by atoms with Crippen LogP contribution in [-0.4, -0.2) is 30.7 Å². The van der Waals surface area contributed by atoms with Crippen molar-refractivity contribution < 1.29 is 4.74 Å². The summed E-state index contributed by atoms with van der Waals surface area (Å²) >= 11 is 0. The maximum atomic E-state index is 5.92. The van der Waals surface area contributed by atoms with Gasteiger partial charge in [0.25, 0.3) is 0 Å². The molecule has 0 unspecified atom stereocenters. The van der Waals surface area contributed by atoms with Crippen molar-refractivity contribution >= 4 is 5.82 Å². The van der Waals surface area contributed by atoms with Crippen LogP contribution in [0, 0.1) is 0 Å². The summed E-state index contributed by atoms with van der Waals surface area (Å²) in [5.41, 5.74) is 8.37. The molecule has 1 saturated heterocycles. The van der Waals surface area contributed by atoms with Crippen LogP contribution >= 0.6 is 0 Å². The summed E-state index contributed by atoms with van der Waals surface area (Å²) in [4.78, 5) is 7.05. The molecule has 1 aromatic rings. The molecule has 4 heteroatoms. The Morgan fingerprint density at radius 3 is 2.94 bits per heavy atom. The fraction of sp³-hybridized carbons (Fsp3) is 0.615. The van der Waals surface area contributed by atoms with Crippen molar-refractivity contribution in [1.29, 1.82) is 0 Å². The second-order valence-corrected chi connectivity index (χ2v) is 4.90. The number of ether oxygens (including phenoxy) is 1. The molecule has 92 valence electrons. The third kappa shape index (κ3) is 2.28. The van der Waals surface area contributed by atoms with Gasteiger partial charge in [-0.1, -0.05) is 6.07 Å². The molecule has 0 amide bonds. The molecule has 17 heavy (non-hydrogen) atoms. The number of fused-ring (bicyclic) bond motifs is 1. The highest BCUT2D eigenvalue weighted by atomic mass is 16.5. The van der Waals surface area contributed by atoms with Gasteiger partial charge in [-0.25, -0.2) is 4.98 Å². The lowest BCUT2D eigenvalue weighted by Crippen LogP contribution is -2.40. The van der Waals surface area contributed by atoms with E-state index in [4.69, 9.17) is 15.5 Å². The van der Waals surface area contributed by atoms with E-state index in [2.05, 4.69) is 17.0 Å². The fourth-order valence-corrected chi connectivity index (χ4v) is 2.53. The first-order valence-corrected chi connectivity index (χ1v) is 6.40. The van der Waals surface area contributed by atoms with E-state index in [0.29, 0.717) is 12.6 Å². The second kappa shape index (κ2) is 4.63. The first kappa shape index (κ1) is 11.0. The maximum Gasteiger partial charge on any atom is 0.128 e. The number of nitrogens with two attached hydrogens (primary N) is 1. The lowest BCUT2D eigenvalue weighted by Gasteiger charge is -2.31. The zero-order chi connectivity index (χ0) is 11.7. The van der Waals surface area contributed by atoms with Crippen LogP contribution in [0.4, 0.5) is 5.82 Å². The Bertz CT molecular complexity index is 400. The third-order valence-electron chi connectivity index (χ3n) is 3.67. The Morgan fingerprint density at radius 2 is 2.12 bits per heavy atom. The van der Waals surface area contributed by atoms with Crippen LogP contribution in [-0.2, 0) is 17.8 Å². The molecule has 0 radical (unpaired) electrons. The molecule has 1 fully saturated rings. The summed E-state index contributed by atoms with van der Waals surface area (Å²) in [5.74, 6) is 1.08. The quantitative estimate of drug-likeness (QED) is 0.788. The molecule has 0 saturated carbocycles. The van der Waals surface area contributed by atoms with E-state index >= 15 is 0 Å². The van der Waals surface area contributed by atoms with E-state index in [1.165, 1.54) is 5.56 Å². The molecule has 2 aliphatic heterocycles. The van der Waals surface area contributed by atoms with Crippen molar-refractivity contribution in [3.63, 3.8) is 0 Å². The molecule has 0 spiro atoms. The van der Waals surface area contributed by atoms with Gasteiger partial charge in [0.2, 0.25) is 0 Å². The minimum atomic E-state index is 0.368. The van der Waals surface area contributed by atoms with Gasteiger partial charge in [-0.3, -0.25) is 0 Å². The molecule has 0 bridgehead atoms. The molecule has 1 aromatic heterocycles. The summed E-state index contributed by atoms with van der Waals surface area (Å²) in [6.45, 7) is 3.53. The largest absolute Gasteiger partial charge is 0.375 e. The van der Waals surface area contributed by atoms with Crippen molar-refractivity contribution in [2.45, 2.75) is 31.9 Å². The maximum absolute atomic E-state index is 5.92. The first-order chi connectivity index (χ1) is 8.33. The number of nitrogens with zero attached hydrogens (tertiary/aromatic N) is 2. The summed E-state index contributed by atoms with van der Waals surface area (Å²) in [6.07, 6.45) is 3.12. The van der Waals surface area contributed by atoms with Crippen LogP contribution in [0.15, 0.2) is 12.1 Å². The summed E-state index contributed by atoms with van der Waals surface area (Å²) < 4.78 is 5.45. The van der Waals surface area contributed by atoms with Gasteiger partial charge in [-0.05, 0) is 30.9 Å². The molecule has 3 heterocycles. The van der Waals surface area contributed by atoms with Crippen LogP contribution < -0.4 is 10.6 Å². The Kier molecular flexibility index (Phi) is 2.99. The van der Waals surface area contributed by atoms with Crippen molar-refractivity contribution in [2.24, 2.45) is 5.73 Å². The molecular formula is C13H19N3O. The number of hydrogen-bond acceptors (Lipinski definition) is 4. The highest BCUT2D eigenvalue weighted by molar-refractivity contribution is 5.42. The van der Waals surface area contributed by atoms with Crippen molar-refractivity contribution in [3.05, 3.63) is 23.4 Å². The SMILES string of the molecule is NC1CCN(c2ccc3c(n2)COCC3)CC1. The van der Waals surface area contributed by atoms with Gasteiger partial charge >= 0.3 is 0 Å². The zero-order valence-corrected chi connectivity index (χ0v) is 10.1. The van der Waals surface area contributed by atoms with E-state index in [-0.39, 0.29) is 0 Å². The second-order valence-electron chi connectivity index (χ2n) is 4.90. The lowest BCUT2D eigenvalue weighted by molar-refractivity contribution is 0.107. The summed E-state index contributed by atoms with van der Waals surface area (Å²) in [5, 5.41) is 0.